The zero-order chi connectivity index (χ0) is 20.1. The van der Waals surface area contributed by atoms with Gasteiger partial charge in [0, 0.05) is 43.4 Å². The summed E-state index contributed by atoms with van der Waals surface area (Å²) in [7, 11) is -3.28. The standard InChI is InChI=1S/C19H24N6O2S/c1-4-25(28(3,26)27)13-16(15-7-5-14(2)6-8-15)9-19-20-10-17(11-21-19)18-12-22-24-23-18/h5-8,10-11,16H,4,9,12-13H2,1-3H3. The van der Waals surface area contributed by atoms with Gasteiger partial charge in [-0.05, 0) is 17.7 Å². The molecule has 28 heavy (non-hydrogen) atoms. The normalized spacial score (nSPS) is 15.1. The highest BCUT2D eigenvalue weighted by atomic mass is 32.2. The molecule has 0 fully saturated rings. The van der Waals surface area contributed by atoms with Crippen LogP contribution in [0.4, 0.5) is 0 Å². The summed E-state index contributed by atoms with van der Waals surface area (Å²) in [4.78, 5) is 8.92. The molecule has 1 aliphatic rings. The lowest BCUT2D eigenvalue weighted by molar-refractivity contribution is 0.397. The van der Waals surface area contributed by atoms with E-state index in [9.17, 15) is 8.42 Å². The number of nitrogens with zero attached hydrogens (tertiary/aromatic N) is 6. The first-order valence-electron chi connectivity index (χ1n) is 9.13. The highest BCUT2D eigenvalue weighted by Gasteiger charge is 2.23. The van der Waals surface area contributed by atoms with E-state index >= 15 is 0 Å². The van der Waals surface area contributed by atoms with Gasteiger partial charge in [-0.3, -0.25) is 0 Å². The Bertz CT molecular complexity index is 968. The number of benzene rings is 1. The predicted molar refractivity (Wildman–Crippen MR) is 108 cm³/mol. The van der Waals surface area contributed by atoms with Gasteiger partial charge in [-0.25, -0.2) is 22.7 Å². The Kier molecular flexibility index (Phi) is 6.25. The highest BCUT2D eigenvalue weighted by molar-refractivity contribution is 7.88. The van der Waals surface area contributed by atoms with Crippen LogP contribution in [0.25, 0.3) is 0 Å². The van der Waals surface area contributed by atoms with Crippen molar-refractivity contribution in [3.63, 3.8) is 0 Å². The monoisotopic (exact) mass is 400 g/mol. The van der Waals surface area contributed by atoms with Crippen LogP contribution >= 0.6 is 0 Å². The second kappa shape index (κ2) is 8.66. The van der Waals surface area contributed by atoms with Crippen LogP contribution < -0.4 is 0 Å². The minimum absolute atomic E-state index is 0.0463. The topological polar surface area (TPSA) is 100 Å². The number of sulfonamides is 1. The number of likely N-dealkylation sites (N-methyl/N-ethyl adjacent to an activating group) is 1. The summed E-state index contributed by atoms with van der Waals surface area (Å²) < 4.78 is 25.7. The summed E-state index contributed by atoms with van der Waals surface area (Å²) in [5, 5.41) is 11.4. The number of hydrogen-bond acceptors (Lipinski definition) is 7. The number of aryl methyl sites for hydroxylation is 1. The molecule has 0 N–H and O–H groups in total. The molecule has 0 radical (unpaired) electrons. The van der Waals surface area contributed by atoms with Crippen LogP contribution in [-0.4, -0.2) is 54.3 Å². The van der Waals surface area contributed by atoms with Gasteiger partial charge in [-0.15, -0.1) is 5.10 Å². The van der Waals surface area contributed by atoms with Crippen molar-refractivity contribution in [1.29, 1.82) is 0 Å². The molecule has 148 valence electrons. The summed E-state index contributed by atoms with van der Waals surface area (Å²) in [6.45, 7) is 5.12. The molecule has 1 unspecified atom stereocenters. The zero-order valence-electron chi connectivity index (χ0n) is 16.3. The molecule has 0 spiro atoms. The lowest BCUT2D eigenvalue weighted by atomic mass is 9.94. The van der Waals surface area contributed by atoms with Crippen molar-refractivity contribution in [3.05, 3.63) is 59.2 Å². The Balaban J connectivity index is 1.83. The highest BCUT2D eigenvalue weighted by Crippen LogP contribution is 2.23. The molecule has 2 aromatic rings. The van der Waals surface area contributed by atoms with Crippen molar-refractivity contribution in [2.75, 3.05) is 25.9 Å². The summed E-state index contributed by atoms with van der Waals surface area (Å²) in [6, 6.07) is 8.16. The smallest absolute Gasteiger partial charge is 0.211 e. The fraction of sp³-hybridized carbons (Fsp3) is 0.421. The van der Waals surface area contributed by atoms with E-state index in [1.165, 1.54) is 10.6 Å². The largest absolute Gasteiger partial charge is 0.241 e. The van der Waals surface area contributed by atoms with Gasteiger partial charge in [0.2, 0.25) is 10.0 Å². The first kappa shape index (κ1) is 20.2. The minimum Gasteiger partial charge on any atom is -0.241 e. The van der Waals surface area contributed by atoms with Gasteiger partial charge in [0.1, 0.15) is 12.4 Å². The maximum atomic E-state index is 12.1. The third kappa shape index (κ3) is 5.05. The number of hydrogen-bond donors (Lipinski definition) is 0. The molecule has 0 bridgehead atoms. The van der Waals surface area contributed by atoms with E-state index in [1.54, 1.807) is 12.4 Å². The van der Waals surface area contributed by atoms with Crippen LogP contribution in [0.1, 0.15) is 35.4 Å². The van der Waals surface area contributed by atoms with E-state index in [-0.39, 0.29) is 5.92 Å². The van der Waals surface area contributed by atoms with Gasteiger partial charge in [0.05, 0.1) is 12.0 Å². The van der Waals surface area contributed by atoms with E-state index in [1.807, 2.05) is 38.1 Å². The molecule has 0 saturated carbocycles. The van der Waals surface area contributed by atoms with E-state index < -0.39 is 10.0 Å². The van der Waals surface area contributed by atoms with Crippen LogP contribution in [-0.2, 0) is 16.4 Å². The van der Waals surface area contributed by atoms with Gasteiger partial charge in [-0.2, -0.15) is 5.11 Å². The Morgan fingerprint density at radius 3 is 2.36 bits per heavy atom. The summed E-state index contributed by atoms with van der Waals surface area (Å²) in [5.74, 6) is 0.612. The lowest BCUT2D eigenvalue weighted by Gasteiger charge is -2.25. The molecule has 8 nitrogen and oxygen atoms in total. The Morgan fingerprint density at radius 2 is 1.82 bits per heavy atom. The molecule has 0 aliphatic carbocycles. The number of aromatic nitrogens is 2. The van der Waals surface area contributed by atoms with Crippen LogP contribution in [0.2, 0.25) is 0 Å². The van der Waals surface area contributed by atoms with Gasteiger partial charge >= 0.3 is 0 Å². The molecule has 0 amide bonds. The Labute approximate surface area is 165 Å². The molecule has 2 heterocycles. The van der Waals surface area contributed by atoms with Crippen LogP contribution in [0.5, 0.6) is 0 Å². The van der Waals surface area contributed by atoms with Gasteiger partial charge in [-0.1, -0.05) is 36.8 Å². The maximum Gasteiger partial charge on any atom is 0.211 e. The average molecular weight is 401 g/mol. The van der Waals surface area contributed by atoms with E-state index in [0.717, 1.165) is 22.4 Å². The molecular formula is C19H24N6O2S. The zero-order valence-corrected chi connectivity index (χ0v) is 17.1. The first-order valence-corrected chi connectivity index (χ1v) is 11.0. The molecule has 1 aromatic carbocycles. The van der Waals surface area contributed by atoms with E-state index in [2.05, 4.69) is 25.4 Å². The maximum absolute atomic E-state index is 12.1. The lowest BCUT2D eigenvalue weighted by Crippen LogP contribution is -2.34. The van der Waals surface area contributed by atoms with Crippen LogP contribution in [0.15, 0.2) is 52.1 Å². The van der Waals surface area contributed by atoms with Crippen LogP contribution in [0, 0.1) is 6.92 Å². The minimum atomic E-state index is -3.28. The van der Waals surface area contributed by atoms with E-state index in [0.29, 0.717) is 31.9 Å². The third-order valence-electron chi connectivity index (χ3n) is 4.71. The summed E-state index contributed by atoms with van der Waals surface area (Å²) >= 11 is 0. The Morgan fingerprint density at radius 1 is 1.14 bits per heavy atom. The second-order valence-electron chi connectivity index (χ2n) is 6.85. The fourth-order valence-electron chi connectivity index (χ4n) is 3.07. The van der Waals surface area contributed by atoms with Crippen molar-refractivity contribution in [3.8, 4) is 0 Å². The van der Waals surface area contributed by atoms with Crippen molar-refractivity contribution < 1.29 is 8.42 Å². The summed E-state index contributed by atoms with van der Waals surface area (Å²) in [5.41, 5.74) is 3.77. The molecule has 1 aromatic heterocycles. The molecular weight excluding hydrogens is 376 g/mol. The molecule has 9 heteroatoms. The molecule has 1 atom stereocenters. The van der Waals surface area contributed by atoms with Crippen molar-refractivity contribution >= 4 is 15.7 Å². The van der Waals surface area contributed by atoms with Gasteiger partial charge in [0.15, 0.2) is 0 Å². The molecule has 0 saturated heterocycles. The first-order chi connectivity index (χ1) is 13.4. The van der Waals surface area contributed by atoms with Crippen molar-refractivity contribution in [2.45, 2.75) is 26.2 Å². The summed E-state index contributed by atoms with van der Waals surface area (Å²) in [6.07, 6.45) is 5.22. The van der Waals surface area contributed by atoms with Crippen LogP contribution in [0.3, 0.4) is 0 Å². The Hall–Kier alpha value is -2.52. The third-order valence-corrected chi connectivity index (χ3v) is 6.06. The van der Waals surface area contributed by atoms with Gasteiger partial charge in [0.25, 0.3) is 0 Å². The van der Waals surface area contributed by atoms with Crippen molar-refractivity contribution in [1.82, 2.24) is 14.3 Å². The SMILES string of the molecule is CCN(CC(Cc1ncc(C2=NN=NC2)cn1)c1ccc(C)cc1)S(C)(=O)=O. The van der Waals surface area contributed by atoms with Crippen molar-refractivity contribution in [2.24, 2.45) is 15.4 Å². The quantitative estimate of drug-likeness (QED) is 0.680. The second-order valence-corrected chi connectivity index (χ2v) is 8.83. The number of rotatable bonds is 8. The molecule has 1 aliphatic heterocycles. The average Bonchev–Trinajstić information content (AvgIpc) is 3.20. The van der Waals surface area contributed by atoms with E-state index in [4.69, 9.17) is 0 Å². The molecule has 3 rings (SSSR count). The fourth-order valence-corrected chi connectivity index (χ4v) is 3.99. The predicted octanol–water partition coefficient (Wildman–Crippen LogP) is 2.56. The van der Waals surface area contributed by atoms with Gasteiger partial charge < -0.3 is 0 Å².